The monoisotopic (exact) mass is 477 g/mol. The van der Waals surface area contributed by atoms with Crippen molar-refractivity contribution in [1.82, 2.24) is 0 Å². The lowest BCUT2D eigenvalue weighted by molar-refractivity contribution is -0.174. The predicted octanol–water partition coefficient (Wildman–Crippen LogP) is 7.46. The van der Waals surface area contributed by atoms with E-state index in [4.69, 9.17) is 6.57 Å². The van der Waals surface area contributed by atoms with E-state index in [1.165, 1.54) is 5.57 Å². The van der Waals surface area contributed by atoms with Gasteiger partial charge < -0.3 is 9.90 Å². The Balaban J connectivity index is 1.66. The van der Waals surface area contributed by atoms with Gasteiger partial charge in [-0.15, -0.1) is 0 Å². The van der Waals surface area contributed by atoms with Crippen molar-refractivity contribution in [2.75, 3.05) is 0 Å². The molecule has 1 unspecified atom stereocenters. The van der Waals surface area contributed by atoms with Crippen molar-refractivity contribution in [3.63, 3.8) is 0 Å². The van der Waals surface area contributed by atoms with Crippen LogP contribution in [-0.2, 0) is 9.59 Å². The Labute approximate surface area is 211 Å². The highest BCUT2D eigenvalue weighted by Gasteiger charge is 2.69. The molecule has 0 saturated heterocycles. The molecule has 0 aromatic heterocycles. The third kappa shape index (κ3) is 2.90. The molecular formula is C31H43NO3. The maximum absolute atomic E-state index is 13.2. The maximum Gasteiger partial charge on any atom is 0.310 e. The quantitative estimate of drug-likeness (QED) is 0.315. The number of carbonyl (C=O) groups excluding carboxylic acids is 1. The van der Waals surface area contributed by atoms with Gasteiger partial charge in [-0.25, -0.2) is 4.85 Å². The Bertz CT molecular complexity index is 1100. The van der Waals surface area contributed by atoms with Crippen LogP contribution in [0, 0.1) is 56.8 Å². The van der Waals surface area contributed by atoms with E-state index >= 15 is 0 Å². The van der Waals surface area contributed by atoms with Gasteiger partial charge in [-0.2, -0.15) is 0 Å². The zero-order valence-corrected chi connectivity index (χ0v) is 22.8. The van der Waals surface area contributed by atoms with Crippen molar-refractivity contribution in [1.29, 1.82) is 0 Å². The third-order valence-electron chi connectivity index (χ3n) is 12.5. The molecule has 4 heteroatoms. The minimum Gasteiger partial charge on any atom is -0.481 e. The molecule has 5 aliphatic carbocycles. The molecule has 0 aromatic rings. The van der Waals surface area contributed by atoms with Crippen molar-refractivity contribution in [3.05, 3.63) is 34.8 Å². The number of aliphatic carboxylic acids is 1. The standard InChI is InChI=1S/C31H43NO3/c1-26(2)13-15-31(25(34)35)16-14-29(6)19(20(31)17-26)9-10-23-28(5)18-21(32-8)24(33)27(3,4)22(28)11-12-30(23,29)7/h9,18,20,22-23H,10-17H2,1-7H3,(H,34,35)/t20?,22-,23+,28-,29+,30+,31-/m0/s1. The Morgan fingerprint density at radius 1 is 1.00 bits per heavy atom. The Morgan fingerprint density at radius 2 is 1.66 bits per heavy atom. The summed E-state index contributed by atoms with van der Waals surface area (Å²) in [5.41, 5.74) is 0.470. The second-order valence-electron chi connectivity index (χ2n) is 14.7. The van der Waals surface area contributed by atoms with Crippen molar-refractivity contribution in [2.24, 2.45) is 50.2 Å². The topological polar surface area (TPSA) is 58.7 Å². The fraction of sp³-hybridized carbons (Fsp3) is 0.774. The number of carboxylic acid groups (broad SMARTS) is 1. The molecule has 0 aromatic carbocycles. The Kier molecular flexibility index (Phi) is 5.04. The van der Waals surface area contributed by atoms with Crippen LogP contribution in [0.25, 0.3) is 4.85 Å². The molecule has 3 saturated carbocycles. The minimum absolute atomic E-state index is 0.00479. The molecule has 0 spiro atoms. The van der Waals surface area contributed by atoms with E-state index in [9.17, 15) is 14.7 Å². The molecule has 0 heterocycles. The molecule has 0 bridgehead atoms. The molecule has 5 aliphatic rings. The van der Waals surface area contributed by atoms with Crippen LogP contribution in [0.2, 0.25) is 0 Å². The number of nitrogens with zero attached hydrogens (tertiary/aromatic N) is 1. The highest BCUT2D eigenvalue weighted by Crippen LogP contribution is 2.75. The number of allylic oxidation sites excluding steroid dienone is 4. The number of Topliss-reactive ketones (excluding diaryl/α,β-unsaturated/α-hetero) is 1. The van der Waals surface area contributed by atoms with Gasteiger partial charge in [-0.1, -0.05) is 66.2 Å². The molecule has 35 heavy (non-hydrogen) atoms. The van der Waals surface area contributed by atoms with Gasteiger partial charge in [0, 0.05) is 5.41 Å². The normalized spacial score (nSPS) is 47.6. The molecule has 5 rings (SSSR count). The summed E-state index contributed by atoms with van der Waals surface area (Å²) < 4.78 is 0. The highest BCUT2D eigenvalue weighted by atomic mass is 16.4. The van der Waals surface area contributed by atoms with E-state index in [0.717, 1.165) is 51.4 Å². The second-order valence-corrected chi connectivity index (χ2v) is 14.7. The van der Waals surface area contributed by atoms with E-state index in [1.54, 1.807) is 0 Å². The third-order valence-corrected chi connectivity index (χ3v) is 12.5. The number of ketones is 1. The number of rotatable bonds is 1. The number of carboxylic acids is 1. The maximum atomic E-state index is 13.2. The predicted molar refractivity (Wildman–Crippen MR) is 137 cm³/mol. The molecule has 0 aliphatic heterocycles. The van der Waals surface area contributed by atoms with Crippen molar-refractivity contribution < 1.29 is 14.7 Å². The molecule has 4 nitrogen and oxygen atoms in total. The van der Waals surface area contributed by atoms with Crippen molar-refractivity contribution in [3.8, 4) is 0 Å². The molecule has 7 atom stereocenters. The lowest BCUT2D eigenvalue weighted by atomic mass is 9.34. The van der Waals surface area contributed by atoms with Gasteiger partial charge in [-0.05, 0) is 90.8 Å². The summed E-state index contributed by atoms with van der Waals surface area (Å²) in [6.07, 6.45) is 11.8. The lowest BCUT2D eigenvalue weighted by Gasteiger charge is -2.69. The number of hydrogen-bond acceptors (Lipinski definition) is 2. The minimum atomic E-state index is -0.623. The van der Waals surface area contributed by atoms with Crippen molar-refractivity contribution in [2.45, 2.75) is 99.8 Å². The molecule has 3 fully saturated rings. The number of hydrogen-bond donors (Lipinski definition) is 1. The van der Waals surface area contributed by atoms with Crippen LogP contribution in [0.4, 0.5) is 0 Å². The SMILES string of the molecule is [C-]#[N+]C1=C[C@]2(C)[C@H]3CC=C4C5CC(C)(C)CC[C@]5(C(=O)O)CC[C@@]4(C)[C@]3(C)CC[C@H]2C(C)(C)C1=O. The van der Waals surface area contributed by atoms with Crippen LogP contribution in [0.5, 0.6) is 0 Å². The molecule has 190 valence electrons. The first-order chi connectivity index (χ1) is 16.1. The average Bonchev–Trinajstić information content (AvgIpc) is 2.76. The van der Waals surface area contributed by atoms with E-state index < -0.39 is 16.8 Å². The number of fused-ring (bicyclic) bond motifs is 7. The van der Waals surface area contributed by atoms with Gasteiger partial charge in [-0.3, -0.25) is 4.79 Å². The van der Waals surface area contributed by atoms with E-state index in [2.05, 4.69) is 65.5 Å². The van der Waals surface area contributed by atoms with Gasteiger partial charge in [0.1, 0.15) is 0 Å². The summed E-state index contributed by atoms with van der Waals surface area (Å²) in [4.78, 5) is 29.7. The van der Waals surface area contributed by atoms with Gasteiger partial charge in [0.15, 0.2) is 5.78 Å². The average molecular weight is 478 g/mol. The van der Waals surface area contributed by atoms with E-state index in [0.29, 0.717) is 11.6 Å². The largest absolute Gasteiger partial charge is 0.481 e. The van der Waals surface area contributed by atoms with E-state index in [-0.39, 0.29) is 39.3 Å². The van der Waals surface area contributed by atoms with Crippen LogP contribution in [0.3, 0.4) is 0 Å². The van der Waals surface area contributed by atoms with Crippen LogP contribution in [0.1, 0.15) is 99.8 Å². The first-order valence-corrected chi connectivity index (χ1v) is 13.7. The smallest absolute Gasteiger partial charge is 0.310 e. The Hall–Kier alpha value is -1.89. The summed E-state index contributed by atoms with van der Waals surface area (Å²) in [6, 6.07) is 0. The summed E-state index contributed by atoms with van der Waals surface area (Å²) in [5, 5.41) is 10.5. The van der Waals surface area contributed by atoms with Gasteiger partial charge in [0.05, 0.1) is 12.0 Å². The zero-order valence-electron chi connectivity index (χ0n) is 22.8. The summed E-state index contributed by atoms with van der Waals surface area (Å²) in [7, 11) is 0. The zero-order chi connectivity index (χ0) is 25.8. The summed E-state index contributed by atoms with van der Waals surface area (Å²) in [5.74, 6) is 0.0660. The van der Waals surface area contributed by atoms with Gasteiger partial charge in [0.25, 0.3) is 0 Å². The Morgan fingerprint density at radius 3 is 2.29 bits per heavy atom. The fourth-order valence-corrected chi connectivity index (χ4v) is 10.2. The molecular weight excluding hydrogens is 434 g/mol. The second kappa shape index (κ2) is 7.11. The van der Waals surface area contributed by atoms with Gasteiger partial charge in [0.2, 0.25) is 5.70 Å². The molecule has 0 amide bonds. The first-order valence-electron chi connectivity index (χ1n) is 13.7. The van der Waals surface area contributed by atoms with Crippen molar-refractivity contribution >= 4 is 11.8 Å². The highest BCUT2D eigenvalue weighted by molar-refractivity contribution is 6.02. The van der Waals surface area contributed by atoms with Crippen LogP contribution in [-0.4, -0.2) is 16.9 Å². The fourth-order valence-electron chi connectivity index (χ4n) is 10.2. The van der Waals surface area contributed by atoms with Crippen LogP contribution in [0.15, 0.2) is 23.4 Å². The lowest BCUT2D eigenvalue weighted by Crippen LogP contribution is -2.64. The first kappa shape index (κ1) is 24.8. The van der Waals surface area contributed by atoms with Gasteiger partial charge >= 0.3 is 5.97 Å². The molecule has 0 radical (unpaired) electrons. The summed E-state index contributed by atoms with van der Waals surface area (Å²) >= 11 is 0. The number of carbonyl (C=O) groups is 2. The van der Waals surface area contributed by atoms with E-state index in [1.807, 2.05) is 0 Å². The van der Waals surface area contributed by atoms with Crippen LogP contribution >= 0.6 is 0 Å². The van der Waals surface area contributed by atoms with Crippen LogP contribution < -0.4 is 0 Å². The molecule has 1 N–H and O–H groups in total. The summed E-state index contributed by atoms with van der Waals surface area (Å²) in [6.45, 7) is 23.7.